The topological polar surface area (TPSA) is 56.8 Å². The van der Waals surface area contributed by atoms with Crippen LogP contribution in [0.2, 0.25) is 0 Å². The first-order valence-corrected chi connectivity index (χ1v) is 8.55. The molecule has 1 aromatic heterocycles. The fourth-order valence-electron chi connectivity index (χ4n) is 3.43. The number of hydrogen-bond acceptors (Lipinski definition) is 4. The molecule has 2 saturated heterocycles. The number of nitrogens with zero attached hydrogens (tertiary/aromatic N) is 3. The van der Waals surface area contributed by atoms with Crippen LogP contribution in [0, 0.1) is 9.49 Å². The first-order chi connectivity index (χ1) is 10.3. The van der Waals surface area contributed by atoms with E-state index >= 15 is 0 Å². The van der Waals surface area contributed by atoms with E-state index in [9.17, 15) is 0 Å². The summed E-state index contributed by atoms with van der Waals surface area (Å²) in [4.78, 5) is 7.10. The fourth-order valence-corrected chi connectivity index (χ4v) is 3.79. The molecule has 6 heteroatoms. The Kier molecular flexibility index (Phi) is 3.58. The van der Waals surface area contributed by atoms with Gasteiger partial charge < -0.3 is 10.2 Å². The van der Waals surface area contributed by atoms with Gasteiger partial charge in [-0.25, -0.2) is 0 Å². The van der Waals surface area contributed by atoms with Crippen molar-refractivity contribution in [1.29, 1.82) is 0 Å². The summed E-state index contributed by atoms with van der Waals surface area (Å²) in [7, 11) is 0. The van der Waals surface area contributed by atoms with Crippen molar-refractivity contribution in [3.05, 3.63) is 27.8 Å². The smallest absolute Gasteiger partial charge is 0.245 e. The normalized spacial score (nSPS) is 25.1. The summed E-state index contributed by atoms with van der Waals surface area (Å²) in [5.74, 6) is 2.45. The second-order valence-electron chi connectivity index (χ2n) is 5.81. The molecule has 2 aromatic rings. The lowest BCUT2D eigenvalue weighted by Gasteiger charge is -2.36. The molecule has 2 N–H and O–H groups in total. The van der Waals surface area contributed by atoms with Crippen molar-refractivity contribution in [2.45, 2.75) is 18.9 Å². The summed E-state index contributed by atoms with van der Waals surface area (Å²) in [6.45, 7) is 3.25. The number of H-pyrrole nitrogens is 1. The van der Waals surface area contributed by atoms with Crippen molar-refractivity contribution in [2.75, 3.05) is 24.5 Å². The molecular weight excluding hydrogens is 377 g/mol. The molecule has 21 heavy (non-hydrogen) atoms. The number of aromatic nitrogens is 3. The highest BCUT2D eigenvalue weighted by Crippen LogP contribution is 2.29. The molecule has 0 amide bonds. The first kappa shape index (κ1) is 13.5. The number of nitrogens with one attached hydrogen (secondary N) is 2. The minimum atomic E-state index is 0.555. The van der Waals surface area contributed by atoms with E-state index in [2.05, 4.69) is 67.3 Å². The summed E-state index contributed by atoms with van der Waals surface area (Å²) in [6.07, 6.45) is 2.55. The third-order valence-corrected chi connectivity index (χ3v) is 5.25. The van der Waals surface area contributed by atoms with Gasteiger partial charge in [0.15, 0.2) is 5.82 Å². The standard InChI is InChI=1S/C15H18IN5/c16-12-5-3-10(4-6-12)14-18-15(20-19-14)21-7-1-2-11-8-17-9-13(11)21/h3-6,11,13,17H,1-2,7-9H2,(H,18,19,20). The first-order valence-electron chi connectivity index (χ1n) is 7.47. The summed E-state index contributed by atoms with van der Waals surface area (Å²) in [5, 5.41) is 11.1. The molecule has 110 valence electrons. The van der Waals surface area contributed by atoms with Crippen LogP contribution < -0.4 is 10.2 Å². The highest BCUT2D eigenvalue weighted by Gasteiger charge is 2.36. The zero-order valence-electron chi connectivity index (χ0n) is 11.7. The molecule has 0 bridgehead atoms. The zero-order valence-corrected chi connectivity index (χ0v) is 13.9. The van der Waals surface area contributed by atoms with E-state index < -0.39 is 0 Å². The Balaban J connectivity index is 1.60. The molecule has 0 aliphatic carbocycles. The third kappa shape index (κ3) is 2.55. The molecule has 5 nitrogen and oxygen atoms in total. The molecule has 2 atom stereocenters. The largest absolute Gasteiger partial charge is 0.335 e. The fraction of sp³-hybridized carbons (Fsp3) is 0.467. The number of aromatic amines is 1. The van der Waals surface area contributed by atoms with Gasteiger partial charge in [-0.2, -0.15) is 4.98 Å². The van der Waals surface area contributed by atoms with Crippen molar-refractivity contribution < 1.29 is 0 Å². The molecule has 1 aromatic carbocycles. The average Bonchev–Trinajstić information content (AvgIpc) is 3.16. The lowest BCUT2D eigenvalue weighted by molar-refractivity contribution is 0.381. The monoisotopic (exact) mass is 395 g/mol. The predicted octanol–water partition coefficient (Wildman–Crippen LogP) is 2.26. The van der Waals surface area contributed by atoms with Gasteiger partial charge in [0.1, 0.15) is 0 Å². The highest BCUT2D eigenvalue weighted by molar-refractivity contribution is 14.1. The minimum absolute atomic E-state index is 0.555. The quantitative estimate of drug-likeness (QED) is 0.767. The molecule has 2 fully saturated rings. The molecule has 2 aliphatic heterocycles. The Labute approximate surface area is 137 Å². The van der Waals surface area contributed by atoms with Gasteiger partial charge >= 0.3 is 0 Å². The second-order valence-corrected chi connectivity index (χ2v) is 7.06. The second kappa shape index (κ2) is 5.57. The van der Waals surface area contributed by atoms with Crippen molar-refractivity contribution in [1.82, 2.24) is 20.5 Å². The van der Waals surface area contributed by atoms with Crippen molar-refractivity contribution >= 4 is 28.5 Å². The van der Waals surface area contributed by atoms with Gasteiger partial charge in [-0.05, 0) is 53.5 Å². The number of anilines is 1. The number of fused-ring (bicyclic) bond motifs is 1. The molecule has 2 aliphatic rings. The number of halogens is 1. The lowest BCUT2D eigenvalue weighted by atomic mass is 9.92. The number of piperidine rings is 1. The van der Waals surface area contributed by atoms with E-state index in [4.69, 9.17) is 4.98 Å². The van der Waals surface area contributed by atoms with Crippen LogP contribution in [0.3, 0.4) is 0 Å². The van der Waals surface area contributed by atoms with Crippen LogP contribution in [0.15, 0.2) is 24.3 Å². The van der Waals surface area contributed by atoms with Crippen LogP contribution in [0.1, 0.15) is 12.8 Å². The molecule has 0 spiro atoms. The molecule has 4 rings (SSSR count). The Morgan fingerprint density at radius 3 is 2.90 bits per heavy atom. The lowest BCUT2D eigenvalue weighted by Crippen LogP contribution is -2.45. The Morgan fingerprint density at radius 1 is 1.19 bits per heavy atom. The minimum Gasteiger partial charge on any atom is -0.335 e. The average molecular weight is 395 g/mol. The van der Waals surface area contributed by atoms with Gasteiger partial charge in [0, 0.05) is 34.8 Å². The van der Waals surface area contributed by atoms with Crippen LogP contribution in [0.25, 0.3) is 11.4 Å². The maximum atomic E-state index is 4.72. The van der Waals surface area contributed by atoms with Crippen LogP contribution >= 0.6 is 22.6 Å². The van der Waals surface area contributed by atoms with Crippen LogP contribution in [-0.4, -0.2) is 40.9 Å². The van der Waals surface area contributed by atoms with Crippen molar-refractivity contribution in [3.63, 3.8) is 0 Å². The molecule has 2 unspecified atom stereocenters. The summed E-state index contributed by atoms with van der Waals surface area (Å²) < 4.78 is 1.23. The van der Waals surface area contributed by atoms with E-state index in [0.29, 0.717) is 6.04 Å². The van der Waals surface area contributed by atoms with Crippen LogP contribution in [-0.2, 0) is 0 Å². The Morgan fingerprint density at radius 2 is 2.05 bits per heavy atom. The Hall–Kier alpha value is -1.15. The van der Waals surface area contributed by atoms with Crippen LogP contribution in [0.5, 0.6) is 0 Å². The number of hydrogen-bond donors (Lipinski definition) is 2. The SMILES string of the molecule is Ic1ccc(-c2nc(N3CCCC4CNCC43)n[nH]2)cc1. The van der Waals surface area contributed by atoms with Crippen LogP contribution in [0.4, 0.5) is 5.95 Å². The molecular formula is C15H18IN5. The maximum absolute atomic E-state index is 4.72. The van der Waals surface area contributed by atoms with E-state index in [1.807, 2.05) is 0 Å². The maximum Gasteiger partial charge on any atom is 0.245 e. The zero-order chi connectivity index (χ0) is 14.2. The third-order valence-electron chi connectivity index (χ3n) is 4.53. The van der Waals surface area contributed by atoms with E-state index in [1.54, 1.807) is 0 Å². The highest BCUT2D eigenvalue weighted by atomic mass is 127. The van der Waals surface area contributed by atoms with Gasteiger partial charge in [-0.15, -0.1) is 5.10 Å². The van der Waals surface area contributed by atoms with Gasteiger partial charge in [0.05, 0.1) is 0 Å². The van der Waals surface area contributed by atoms with Gasteiger partial charge in [0.25, 0.3) is 0 Å². The molecule has 0 radical (unpaired) electrons. The van der Waals surface area contributed by atoms with E-state index in [0.717, 1.165) is 42.9 Å². The van der Waals surface area contributed by atoms with E-state index in [1.165, 1.54) is 16.4 Å². The predicted molar refractivity (Wildman–Crippen MR) is 91.3 cm³/mol. The van der Waals surface area contributed by atoms with Crippen molar-refractivity contribution in [2.24, 2.45) is 5.92 Å². The number of benzene rings is 1. The van der Waals surface area contributed by atoms with Crippen molar-refractivity contribution in [3.8, 4) is 11.4 Å². The summed E-state index contributed by atoms with van der Waals surface area (Å²) in [5.41, 5.74) is 1.09. The van der Waals surface area contributed by atoms with Gasteiger partial charge in [-0.3, -0.25) is 5.10 Å². The summed E-state index contributed by atoms with van der Waals surface area (Å²) >= 11 is 2.31. The van der Waals surface area contributed by atoms with Gasteiger partial charge in [-0.1, -0.05) is 12.1 Å². The van der Waals surface area contributed by atoms with Gasteiger partial charge in [0.2, 0.25) is 5.95 Å². The molecule has 0 saturated carbocycles. The molecule has 3 heterocycles. The summed E-state index contributed by atoms with van der Waals surface area (Å²) in [6, 6.07) is 8.91. The number of rotatable bonds is 2. The van der Waals surface area contributed by atoms with E-state index in [-0.39, 0.29) is 0 Å². The Bertz CT molecular complexity index is 623.